The molecule has 0 unspecified atom stereocenters. The summed E-state index contributed by atoms with van der Waals surface area (Å²) < 4.78 is 32.5. The predicted octanol–water partition coefficient (Wildman–Crippen LogP) is 4.83. The first-order valence-electron chi connectivity index (χ1n) is 8.58. The number of ether oxygens (including phenoxy) is 1. The van der Waals surface area contributed by atoms with Gasteiger partial charge in [-0.25, -0.2) is 0 Å². The van der Waals surface area contributed by atoms with Crippen LogP contribution in [0.25, 0.3) is 22.4 Å². The van der Waals surface area contributed by atoms with Crippen molar-refractivity contribution in [3.8, 4) is 28.1 Å². The number of methoxy groups -OCH3 is 1. The Labute approximate surface area is 167 Å². The van der Waals surface area contributed by atoms with Crippen LogP contribution in [-0.4, -0.2) is 24.7 Å². The summed E-state index contributed by atoms with van der Waals surface area (Å²) in [6, 6.07) is 16.1. The Bertz CT molecular complexity index is 1190. The second kappa shape index (κ2) is 7.26. The molecular formula is C21H18N2O3S2. The Kier molecular flexibility index (Phi) is 4.78. The maximum Gasteiger partial charge on any atom is 0.282 e. The minimum absolute atomic E-state index is 0.207. The minimum atomic E-state index is -3.79. The molecule has 0 fully saturated rings. The van der Waals surface area contributed by atoms with Crippen molar-refractivity contribution in [1.82, 2.24) is 9.19 Å². The van der Waals surface area contributed by atoms with Gasteiger partial charge in [-0.3, -0.25) is 0 Å². The molecule has 142 valence electrons. The van der Waals surface area contributed by atoms with E-state index in [1.54, 1.807) is 48.9 Å². The van der Waals surface area contributed by atoms with Crippen LogP contribution in [0, 0.1) is 6.92 Å². The summed E-state index contributed by atoms with van der Waals surface area (Å²) >= 11 is 1.55. The fraction of sp³-hybridized carbons (Fsp3) is 0.0952. The quantitative estimate of drug-likeness (QED) is 0.473. The van der Waals surface area contributed by atoms with Crippen molar-refractivity contribution in [1.29, 1.82) is 0 Å². The van der Waals surface area contributed by atoms with Crippen molar-refractivity contribution in [3.63, 3.8) is 0 Å². The molecule has 2 heterocycles. The van der Waals surface area contributed by atoms with Gasteiger partial charge >= 0.3 is 0 Å². The molecule has 0 saturated carbocycles. The number of rotatable bonds is 5. The molecule has 0 spiro atoms. The van der Waals surface area contributed by atoms with Crippen molar-refractivity contribution in [2.75, 3.05) is 7.11 Å². The van der Waals surface area contributed by atoms with Gasteiger partial charge in [0, 0.05) is 11.1 Å². The van der Waals surface area contributed by atoms with E-state index in [-0.39, 0.29) is 4.90 Å². The molecule has 0 atom stereocenters. The Morgan fingerprint density at radius 3 is 2.29 bits per heavy atom. The number of aryl methyl sites for hydroxylation is 1. The fourth-order valence-corrected chi connectivity index (χ4v) is 4.67. The molecule has 0 saturated heterocycles. The zero-order valence-corrected chi connectivity index (χ0v) is 17.0. The van der Waals surface area contributed by atoms with E-state index in [4.69, 9.17) is 4.74 Å². The molecule has 4 rings (SSSR count). The van der Waals surface area contributed by atoms with E-state index in [1.165, 1.54) is 0 Å². The second-order valence-electron chi connectivity index (χ2n) is 6.32. The highest BCUT2D eigenvalue weighted by Gasteiger charge is 2.22. The van der Waals surface area contributed by atoms with E-state index in [0.29, 0.717) is 5.69 Å². The zero-order valence-electron chi connectivity index (χ0n) is 15.4. The summed E-state index contributed by atoms with van der Waals surface area (Å²) in [5.41, 5.74) is 4.12. The van der Waals surface area contributed by atoms with Gasteiger partial charge in [-0.1, -0.05) is 17.7 Å². The highest BCUT2D eigenvalue weighted by Crippen LogP contribution is 2.34. The van der Waals surface area contributed by atoms with E-state index in [1.807, 2.05) is 48.0 Å². The fourth-order valence-electron chi connectivity index (χ4n) is 2.89. The van der Waals surface area contributed by atoms with E-state index < -0.39 is 10.0 Å². The van der Waals surface area contributed by atoms with Crippen LogP contribution < -0.4 is 4.74 Å². The summed E-state index contributed by atoms with van der Waals surface area (Å²) in [6.07, 6.45) is 1.58. The lowest BCUT2D eigenvalue weighted by atomic mass is 10.0. The van der Waals surface area contributed by atoms with Gasteiger partial charge in [-0.05, 0) is 65.7 Å². The molecule has 0 aliphatic carbocycles. The summed E-state index contributed by atoms with van der Waals surface area (Å²) in [4.78, 5) is 0.207. The molecule has 0 bridgehead atoms. The molecule has 0 radical (unpaired) electrons. The maximum absolute atomic E-state index is 13.1. The van der Waals surface area contributed by atoms with Gasteiger partial charge in [-0.15, -0.1) is 0 Å². The lowest BCUT2D eigenvalue weighted by Crippen LogP contribution is -2.13. The molecule has 0 amide bonds. The van der Waals surface area contributed by atoms with Crippen molar-refractivity contribution in [2.24, 2.45) is 0 Å². The third kappa shape index (κ3) is 3.34. The number of hydrogen-bond acceptors (Lipinski definition) is 5. The first kappa shape index (κ1) is 18.5. The Hall–Kier alpha value is -2.90. The topological polar surface area (TPSA) is 61.2 Å². The predicted molar refractivity (Wildman–Crippen MR) is 111 cm³/mol. The van der Waals surface area contributed by atoms with Gasteiger partial charge in [0.1, 0.15) is 11.4 Å². The van der Waals surface area contributed by atoms with E-state index in [2.05, 4.69) is 5.10 Å². The monoisotopic (exact) mass is 410 g/mol. The van der Waals surface area contributed by atoms with Crippen LogP contribution in [0.15, 0.2) is 76.4 Å². The van der Waals surface area contributed by atoms with Gasteiger partial charge in [0.05, 0.1) is 18.2 Å². The molecular weight excluding hydrogens is 392 g/mol. The van der Waals surface area contributed by atoms with Gasteiger partial charge < -0.3 is 4.74 Å². The van der Waals surface area contributed by atoms with E-state index >= 15 is 0 Å². The van der Waals surface area contributed by atoms with Crippen LogP contribution in [0.4, 0.5) is 0 Å². The Balaban J connectivity index is 1.87. The molecule has 0 aliphatic heterocycles. The average Bonchev–Trinajstić information content (AvgIpc) is 3.38. The largest absolute Gasteiger partial charge is 0.497 e. The van der Waals surface area contributed by atoms with Gasteiger partial charge in [0.2, 0.25) is 0 Å². The number of aromatic nitrogens is 2. The van der Waals surface area contributed by atoms with Crippen molar-refractivity contribution < 1.29 is 13.2 Å². The molecule has 5 nitrogen and oxygen atoms in total. The third-order valence-electron chi connectivity index (χ3n) is 4.45. The second-order valence-corrected chi connectivity index (χ2v) is 8.90. The minimum Gasteiger partial charge on any atom is -0.497 e. The van der Waals surface area contributed by atoms with Gasteiger partial charge in [0.25, 0.3) is 10.0 Å². The molecule has 2 aromatic carbocycles. The van der Waals surface area contributed by atoms with Gasteiger partial charge in [-0.2, -0.15) is 28.9 Å². The van der Waals surface area contributed by atoms with E-state index in [0.717, 1.165) is 32.1 Å². The van der Waals surface area contributed by atoms with Crippen molar-refractivity contribution in [2.45, 2.75) is 11.8 Å². The molecule has 4 aromatic rings. The molecule has 0 aliphatic rings. The summed E-state index contributed by atoms with van der Waals surface area (Å²) in [5, 5.41) is 8.39. The van der Waals surface area contributed by atoms with E-state index in [9.17, 15) is 8.42 Å². The SMILES string of the molecule is COc1ccc(-c2nn(S(=O)(=O)c3ccc(C)cc3)cc2-c2ccsc2)cc1. The van der Waals surface area contributed by atoms with Crippen molar-refractivity contribution >= 4 is 21.4 Å². The normalized spacial score (nSPS) is 11.5. The zero-order chi connectivity index (χ0) is 19.7. The van der Waals surface area contributed by atoms with Crippen LogP contribution in [-0.2, 0) is 10.0 Å². The lowest BCUT2D eigenvalue weighted by Gasteiger charge is -2.05. The summed E-state index contributed by atoms with van der Waals surface area (Å²) in [7, 11) is -2.18. The van der Waals surface area contributed by atoms with Crippen LogP contribution in [0.3, 0.4) is 0 Å². The van der Waals surface area contributed by atoms with Crippen LogP contribution in [0.1, 0.15) is 5.56 Å². The molecule has 0 N–H and O–H groups in total. The first-order valence-corrected chi connectivity index (χ1v) is 11.0. The van der Waals surface area contributed by atoms with Crippen LogP contribution >= 0.6 is 11.3 Å². The van der Waals surface area contributed by atoms with Gasteiger partial charge in [0.15, 0.2) is 0 Å². The number of benzene rings is 2. The standard InChI is InChI=1S/C21H18N2O3S2/c1-15-3-9-19(10-4-15)28(24,25)23-13-20(17-11-12-27-14-17)21(22-23)16-5-7-18(26-2)8-6-16/h3-14H,1-2H3. The summed E-state index contributed by atoms with van der Waals surface area (Å²) in [5.74, 6) is 0.729. The molecule has 2 aromatic heterocycles. The lowest BCUT2D eigenvalue weighted by molar-refractivity contribution is 0.415. The summed E-state index contributed by atoms with van der Waals surface area (Å²) in [6.45, 7) is 1.92. The van der Waals surface area contributed by atoms with Crippen LogP contribution in [0.2, 0.25) is 0 Å². The maximum atomic E-state index is 13.1. The highest BCUT2D eigenvalue weighted by molar-refractivity contribution is 7.89. The number of nitrogens with zero attached hydrogens (tertiary/aromatic N) is 2. The first-order chi connectivity index (χ1) is 13.5. The van der Waals surface area contributed by atoms with Crippen LogP contribution in [0.5, 0.6) is 5.75 Å². The van der Waals surface area contributed by atoms with Crippen molar-refractivity contribution in [3.05, 3.63) is 77.1 Å². The average molecular weight is 411 g/mol. The Morgan fingerprint density at radius 1 is 0.964 bits per heavy atom. The highest BCUT2D eigenvalue weighted by atomic mass is 32.2. The molecule has 28 heavy (non-hydrogen) atoms. The smallest absolute Gasteiger partial charge is 0.282 e. The molecule has 7 heteroatoms. The third-order valence-corrected chi connectivity index (χ3v) is 6.68. The number of hydrogen-bond donors (Lipinski definition) is 0. The number of thiophene rings is 1. The Morgan fingerprint density at radius 2 is 1.68 bits per heavy atom.